The second-order valence-corrected chi connectivity index (χ2v) is 3.79. The van der Waals surface area contributed by atoms with Gasteiger partial charge >= 0.3 is 5.69 Å². The lowest BCUT2D eigenvalue weighted by molar-refractivity contribution is -0.386. The first kappa shape index (κ1) is 13.4. The highest BCUT2D eigenvalue weighted by Gasteiger charge is 2.16. The van der Waals surface area contributed by atoms with Crippen molar-refractivity contribution in [3.05, 3.63) is 34.4 Å². The third-order valence-electron chi connectivity index (χ3n) is 2.38. The fourth-order valence-electron chi connectivity index (χ4n) is 1.48. The van der Waals surface area contributed by atoms with Gasteiger partial charge in [-0.05, 0) is 12.5 Å². The van der Waals surface area contributed by atoms with Gasteiger partial charge in [-0.15, -0.1) is 0 Å². The summed E-state index contributed by atoms with van der Waals surface area (Å²) in [7, 11) is 0. The molecule has 0 fully saturated rings. The molecule has 0 aliphatic rings. The quantitative estimate of drug-likeness (QED) is 0.343. The molecule has 1 rings (SSSR count). The number of hydrogen-bond donors (Lipinski definition) is 1. The van der Waals surface area contributed by atoms with Crippen LogP contribution in [0.2, 0.25) is 0 Å². The smallest absolute Gasteiger partial charge is 0.311 e. The number of rotatable bonds is 7. The summed E-state index contributed by atoms with van der Waals surface area (Å²) in [5.74, 6) is 0.112. The second-order valence-electron chi connectivity index (χ2n) is 3.79. The maximum Gasteiger partial charge on any atom is 0.311 e. The molecule has 0 aromatic heterocycles. The normalized spacial score (nSPS) is 12.1. The Morgan fingerprint density at radius 2 is 2.12 bits per heavy atom. The first-order chi connectivity index (χ1) is 8.15. The Morgan fingerprint density at radius 3 is 2.76 bits per heavy atom. The zero-order chi connectivity index (χ0) is 12.7. The van der Waals surface area contributed by atoms with Crippen LogP contribution in [0.15, 0.2) is 24.3 Å². The van der Waals surface area contributed by atoms with Crippen LogP contribution >= 0.6 is 0 Å². The van der Waals surface area contributed by atoms with Crippen LogP contribution < -0.4 is 4.74 Å². The number of nitro benzene ring substituents is 1. The molecule has 0 aliphatic carbocycles. The first-order valence-electron chi connectivity index (χ1n) is 5.73. The summed E-state index contributed by atoms with van der Waals surface area (Å²) in [6.45, 7) is 2.06. The Morgan fingerprint density at radius 1 is 1.41 bits per heavy atom. The number of para-hydroxylation sites is 2. The van der Waals surface area contributed by atoms with Gasteiger partial charge in [0.1, 0.15) is 0 Å². The zero-order valence-electron chi connectivity index (χ0n) is 9.83. The minimum absolute atomic E-state index is 0.112. The molecule has 1 aromatic rings. The number of benzene rings is 1. The summed E-state index contributed by atoms with van der Waals surface area (Å²) >= 11 is 0. The second kappa shape index (κ2) is 6.85. The standard InChI is InChI=1S/C12H17NO4/c1-2-3-4-9-12(14)17-11-8-6-5-7-10(11)13(15)16/h5-8,12,14H,2-4,9H2,1H3. The Labute approximate surface area is 100 Å². The third-order valence-corrected chi connectivity index (χ3v) is 2.38. The summed E-state index contributed by atoms with van der Waals surface area (Å²) in [5.41, 5.74) is -0.123. The zero-order valence-corrected chi connectivity index (χ0v) is 9.83. The number of ether oxygens (including phenoxy) is 1. The van der Waals surface area contributed by atoms with E-state index in [1.165, 1.54) is 12.1 Å². The van der Waals surface area contributed by atoms with E-state index >= 15 is 0 Å². The van der Waals surface area contributed by atoms with Gasteiger partial charge in [-0.3, -0.25) is 10.1 Å². The maximum atomic E-state index is 10.7. The van der Waals surface area contributed by atoms with Gasteiger partial charge in [0.2, 0.25) is 0 Å². The molecule has 17 heavy (non-hydrogen) atoms. The SMILES string of the molecule is CCCCCC(O)Oc1ccccc1[N+](=O)[O-]. The third kappa shape index (κ3) is 4.40. The van der Waals surface area contributed by atoms with Crippen LogP contribution in [0, 0.1) is 10.1 Å². The van der Waals surface area contributed by atoms with Crippen molar-refractivity contribution in [3.63, 3.8) is 0 Å². The topological polar surface area (TPSA) is 72.6 Å². The van der Waals surface area contributed by atoms with E-state index < -0.39 is 11.2 Å². The summed E-state index contributed by atoms with van der Waals surface area (Å²) in [5, 5.41) is 20.3. The van der Waals surface area contributed by atoms with Gasteiger partial charge in [-0.2, -0.15) is 0 Å². The number of nitro groups is 1. The van der Waals surface area contributed by atoms with Gasteiger partial charge in [0.25, 0.3) is 0 Å². The van der Waals surface area contributed by atoms with Crippen LogP contribution in [0.25, 0.3) is 0 Å². The molecule has 0 spiro atoms. The molecule has 1 atom stereocenters. The van der Waals surface area contributed by atoms with Crippen LogP contribution in [0.5, 0.6) is 5.75 Å². The minimum Gasteiger partial charge on any atom is -0.458 e. The molecule has 0 bridgehead atoms. The summed E-state index contributed by atoms with van der Waals surface area (Å²) in [6, 6.07) is 6.05. The summed E-state index contributed by atoms with van der Waals surface area (Å²) in [4.78, 5) is 10.2. The monoisotopic (exact) mass is 239 g/mol. The van der Waals surface area contributed by atoms with Crippen LogP contribution in [0.3, 0.4) is 0 Å². The van der Waals surface area contributed by atoms with Crippen molar-refractivity contribution >= 4 is 5.69 Å². The van der Waals surface area contributed by atoms with Crippen molar-refractivity contribution in [1.29, 1.82) is 0 Å². The number of unbranched alkanes of at least 4 members (excludes halogenated alkanes) is 2. The van der Waals surface area contributed by atoms with E-state index in [0.29, 0.717) is 6.42 Å². The minimum atomic E-state index is -0.984. The van der Waals surface area contributed by atoms with Gasteiger partial charge < -0.3 is 9.84 Å². The number of aliphatic hydroxyl groups excluding tert-OH is 1. The molecule has 5 heteroatoms. The van der Waals surface area contributed by atoms with E-state index in [9.17, 15) is 15.2 Å². The Bertz CT molecular complexity index is 367. The van der Waals surface area contributed by atoms with Crippen molar-refractivity contribution in [3.8, 4) is 5.75 Å². The molecule has 1 unspecified atom stereocenters. The summed E-state index contributed by atoms with van der Waals surface area (Å²) in [6.07, 6.45) is 2.41. The van der Waals surface area contributed by atoms with Crippen molar-refractivity contribution in [2.24, 2.45) is 0 Å². The molecule has 0 amide bonds. The molecule has 0 saturated heterocycles. The molecule has 0 aliphatic heterocycles. The molecular formula is C12H17NO4. The highest BCUT2D eigenvalue weighted by molar-refractivity contribution is 5.45. The van der Waals surface area contributed by atoms with E-state index in [-0.39, 0.29) is 11.4 Å². The molecule has 0 radical (unpaired) electrons. The van der Waals surface area contributed by atoms with E-state index in [1.807, 2.05) is 0 Å². The van der Waals surface area contributed by atoms with Gasteiger partial charge in [0.05, 0.1) is 4.92 Å². The molecule has 1 N–H and O–H groups in total. The molecule has 5 nitrogen and oxygen atoms in total. The van der Waals surface area contributed by atoms with Gasteiger partial charge in [0.15, 0.2) is 12.0 Å². The fourth-order valence-corrected chi connectivity index (χ4v) is 1.48. The van der Waals surface area contributed by atoms with E-state index in [1.54, 1.807) is 12.1 Å². The predicted octanol–water partition coefficient (Wildman–Crippen LogP) is 2.87. The molecular weight excluding hydrogens is 222 g/mol. The Hall–Kier alpha value is -1.62. The van der Waals surface area contributed by atoms with E-state index in [4.69, 9.17) is 4.74 Å². The largest absolute Gasteiger partial charge is 0.458 e. The average Bonchev–Trinajstić information content (AvgIpc) is 2.29. The fraction of sp³-hybridized carbons (Fsp3) is 0.500. The first-order valence-corrected chi connectivity index (χ1v) is 5.73. The van der Waals surface area contributed by atoms with Crippen molar-refractivity contribution in [2.75, 3.05) is 0 Å². The highest BCUT2D eigenvalue weighted by Crippen LogP contribution is 2.27. The van der Waals surface area contributed by atoms with Crippen LogP contribution in [0.4, 0.5) is 5.69 Å². The average molecular weight is 239 g/mol. The Kier molecular flexibility index (Phi) is 5.42. The summed E-state index contributed by atoms with van der Waals surface area (Å²) < 4.78 is 5.17. The van der Waals surface area contributed by atoms with Crippen molar-refractivity contribution in [2.45, 2.75) is 38.9 Å². The maximum absolute atomic E-state index is 10.7. The van der Waals surface area contributed by atoms with Crippen LogP contribution in [-0.2, 0) is 0 Å². The molecule has 94 valence electrons. The van der Waals surface area contributed by atoms with Gasteiger partial charge in [-0.25, -0.2) is 0 Å². The number of hydrogen-bond acceptors (Lipinski definition) is 4. The lowest BCUT2D eigenvalue weighted by Crippen LogP contribution is -2.15. The lowest BCUT2D eigenvalue weighted by Gasteiger charge is -2.12. The van der Waals surface area contributed by atoms with Crippen molar-refractivity contribution in [1.82, 2.24) is 0 Å². The Balaban J connectivity index is 2.58. The van der Waals surface area contributed by atoms with E-state index in [0.717, 1.165) is 19.3 Å². The molecule has 0 saturated carbocycles. The lowest BCUT2D eigenvalue weighted by atomic mass is 10.2. The van der Waals surface area contributed by atoms with Crippen LogP contribution in [-0.4, -0.2) is 16.3 Å². The van der Waals surface area contributed by atoms with E-state index in [2.05, 4.69) is 6.92 Å². The van der Waals surface area contributed by atoms with Crippen molar-refractivity contribution < 1.29 is 14.8 Å². The van der Waals surface area contributed by atoms with Gasteiger partial charge in [-0.1, -0.05) is 31.9 Å². The number of nitrogens with zero attached hydrogens (tertiary/aromatic N) is 1. The molecule has 1 aromatic carbocycles. The number of aliphatic hydroxyl groups is 1. The van der Waals surface area contributed by atoms with Gasteiger partial charge in [0, 0.05) is 12.5 Å². The van der Waals surface area contributed by atoms with Crippen LogP contribution in [0.1, 0.15) is 32.6 Å². The predicted molar refractivity (Wildman–Crippen MR) is 63.9 cm³/mol. The molecule has 0 heterocycles. The highest BCUT2D eigenvalue weighted by atomic mass is 16.6.